The number of hydrogen-bond acceptors (Lipinski definition) is 8. The highest BCUT2D eigenvalue weighted by atomic mass is 32.2. The first-order chi connectivity index (χ1) is 20.1. The van der Waals surface area contributed by atoms with E-state index in [0.29, 0.717) is 12.4 Å². The Morgan fingerprint density at radius 1 is 1.07 bits per heavy atom. The summed E-state index contributed by atoms with van der Waals surface area (Å²) in [6.07, 6.45) is 5.56. The number of aromatic nitrogens is 2. The molecule has 0 amide bonds. The summed E-state index contributed by atoms with van der Waals surface area (Å²) in [5.41, 5.74) is 3.81. The van der Waals surface area contributed by atoms with E-state index < -0.39 is 5.97 Å². The largest absolute Gasteiger partial charge is 0.489 e. The Balaban J connectivity index is 1.27. The number of ether oxygens (including phenoxy) is 2. The summed E-state index contributed by atoms with van der Waals surface area (Å²) in [4.78, 5) is 22.7. The third-order valence-electron chi connectivity index (χ3n) is 6.79. The molecule has 1 unspecified atom stereocenters. The van der Waals surface area contributed by atoms with Crippen LogP contribution < -0.4 is 10.1 Å². The Bertz CT molecular complexity index is 1440. The van der Waals surface area contributed by atoms with E-state index in [4.69, 9.17) is 9.47 Å². The van der Waals surface area contributed by atoms with Gasteiger partial charge in [-0.1, -0.05) is 42.5 Å². The topological polar surface area (TPSA) is 96.8 Å². The molecule has 5 rings (SSSR count). The number of nitrogens with one attached hydrogen (secondary N) is 1. The fourth-order valence-electron chi connectivity index (χ4n) is 4.62. The van der Waals surface area contributed by atoms with Crippen LogP contribution in [0.15, 0.2) is 91.3 Å². The number of nitrogens with zero attached hydrogens (tertiary/aromatic N) is 3. The predicted octanol–water partition coefficient (Wildman–Crippen LogP) is 6.09. The van der Waals surface area contributed by atoms with Crippen LogP contribution in [0.2, 0.25) is 0 Å². The molecule has 1 atom stereocenters. The lowest BCUT2D eigenvalue weighted by molar-refractivity contribution is -0.131. The molecule has 2 heterocycles. The van der Waals surface area contributed by atoms with Crippen molar-refractivity contribution in [3.63, 3.8) is 0 Å². The van der Waals surface area contributed by atoms with Crippen molar-refractivity contribution >= 4 is 40.1 Å². The third-order valence-corrected chi connectivity index (χ3v) is 8.10. The van der Waals surface area contributed by atoms with Crippen molar-refractivity contribution in [3.8, 4) is 5.75 Å². The first-order valence-electron chi connectivity index (χ1n) is 13.8. The summed E-state index contributed by atoms with van der Waals surface area (Å²) < 4.78 is 11.3. The number of morpholine rings is 1. The highest BCUT2D eigenvalue weighted by Gasteiger charge is 2.14. The number of anilines is 2. The molecule has 3 aromatic carbocycles. The first kappa shape index (κ1) is 28.6. The van der Waals surface area contributed by atoms with Gasteiger partial charge >= 0.3 is 5.97 Å². The molecule has 0 saturated carbocycles. The molecule has 1 aromatic heterocycles. The Morgan fingerprint density at radius 3 is 2.66 bits per heavy atom. The van der Waals surface area contributed by atoms with Crippen LogP contribution in [0.25, 0.3) is 10.9 Å². The van der Waals surface area contributed by atoms with Crippen molar-refractivity contribution in [2.45, 2.75) is 18.3 Å². The second-order valence-corrected chi connectivity index (χ2v) is 11.0. The normalized spacial score (nSPS) is 14.7. The molecule has 1 aliphatic heterocycles. The fourth-order valence-corrected chi connectivity index (χ4v) is 5.70. The van der Waals surface area contributed by atoms with Crippen molar-refractivity contribution in [3.05, 3.63) is 102 Å². The Morgan fingerprint density at radius 2 is 1.88 bits per heavy atom. The number of benzene rings is 3. The van der Waals surface area contributed by atoms with Gasteiger partial charge in [-0.25, -0.2) is 14.8 Å². The van der Waals surface area contributed by atoms with Gasteiger partial charge < -0.3 is 19.9 Å². The van der Waals surface area contributed by atoms with Crippen LogP contribution in [0.4, 0.5) is 11.5 Å². The summed E-state index contributed by atoms with van der Waals surface area (Å²) in [5.74, 6) is 1.44. The smallest absolute Gasteiger partial charge is 0.328 e. The number of rotatable bonds is 13. The van der Waals surface area contributed by atoms with E-state index >= 15 is 0 Å². The average molecular weight is 571 g/mol. The second kappa shape index (κ2) is 14.6. The van der Waals surface area contributed by atoms with E-state index in [9.17, 15) is 9.90 Å². The second-order valence-electron chi connectivity index (χ2n) is 9.72. The van der Waals surface area contributed by atoms with Crippen LogP contribution >= 0.6 is 11.8 Å². The number of carboxylic acid groups (broad SMARTS) is 1. The van der Waals surface area contributed by atoms with E-state index in [2.05, 4.69) is 26.3 Å². The monoisotopic (exact) mass is 570 g/mol. The van der Waals surface area contributed by atoms with Crippen LogP contribution in [-0.2, 0) is 16.1 Å². The van der Waals surface area contributed by atoms with Crippen LogP contribution in [0.5, 0.6) is 5.75 Å². The van der Waals surface area contributed by atoms with Gasteiger partial charge in [-0.05, 0) is 66.2 Å². The van der Waals surface area contributed by atoms with Crippen LogP contribution in [-0.4, -0.2) is 64.5 Å². The number of carboxylic acids is 1. The molecule has 0 aliphatic carbocycles. The third kappa shape index (κ3) is 8.53. The summed E-state index contributed by atoms with van der Waals surface area (Å²) >= 11 is 1.74. The number of fused-ring (bicyclic) bond motifs is 1. The number of aliphatic carboxylic acids is 1. The maximum atomic E-state index is 11.3. The predicted molar refractivity (Wildman–Crippen MR) is 164 cm³/mol. The molecule has 0 bridgehead atoms. The molecule has 1 aliphatic rings. The highest BCUT2D eigenvalue weighted by Crippen LogP contribution is 2.34. The van der Waals surface area contributed by atoms with E-state index in [1.807, 2.05) is 66.7 Å². The van der Waals surface area contributed by atoms with E-state index in [1.165, 1.54) is 6.08 Å². The summed E-state index contributed by atoms with van der Waals surface area (Å²) in [6.45, 7) is 5.04. The van der Waals surface area contributed by atoms with Crippen molar-refractivity contribution in [1.29, 1.82) is 0 Å². The van der Waals surface area contributed by atoms with Gasteiger partial charge in [0.1, 0.15) is 24.5 Å². The fraction of sp³-hybridized carbons (Fsp3) is 0.281. The van der Waals surface area contributed by atoms with Gasteiger partial charge in [-0.15, -0.1) is 11.8 Å². The average Bonchev–Trinajstić information content (AvgIpc) is 3.01. The molecular weight excluding hydrogens is 536 g/mol. The van der Waals surface area contributed by atoms with Crippen LogP contribution in [0.1, 0.15) is 22.8 Å². The summed E-state index contributed by atoms with van der Waals surface area (Å²) in [7, 11) is 0. The first-order valence-corrected chi connectivity index (χ1v) is 14.8. The minimum atomic E-state index is -0.952. The summed E-state index contributed by atoms with van der Waals surface area (Å²) in [5, 5.41) is 13.5. The molecule has 9 heteroatoms. The standard InChI is InChI=1S/C32H34N4O4S/c37-31(38)14-13-30(41-20-4-15-36-16-18-39-19-17-36)25-7-12-29-28(21-25)32(34-23-33-29)35-26-8-10-27(11-9-26)40-22-24-5-2-1-3-6-24/h1-3,5-14,21,23,30H,4,15-20,22H2,(H,37,38)(H,33,34,35). The lowest BCUT2D eigenvalue weighted by atomic mass is 10.1. The van der Waals surface area contributed by atoms with Crippen molar-refractivity contribution in [1.82, 2.24) is 14.9 Å². The zero-order valence-electron chi connectivity index (χ0n) is 22.8. The van der Waals surface area contributed by atoms with Crippen molar-refractivity contribution < 1.29 is 19.4 Å². The molecule has 41 heavy (non-hydrogen) atoms. The van der Waals surface area contributed by atoms with E-state index in [1.54, 1.807) is 24.2 Å². The number of thioether (sulfide) groups is 1. The Hall–Kier alpha value is -3.92. The zero-order chi connectivity index (χ0) is 28.3. The van der Waals surface area contributed by atoms with Crippen molar-refractivity contribution in [2.24, 2.45) is 0 Å². The Labute approximate surface area is 244 Å². The SMILES string of the molecule is O=C(O)C=CC(SCCCN1CCOCC1)c1ccc2ncnc(Nc3ccc(OCc4ccccc4)cc3)c2c1. The van der Waals surface area contributed by atoms with E-state index in [0.717, 1.165) is 78.5 Å². The van der Waals surface area contributed by atoms with Gasteiger partial charge in [0.25, 0.3) is 0 Å². The zero-order valence-corrected chi connectivity index (χ0v) is 23.6. The van der Waals surface area contributed by atoms with Crippen LogP contribution in [0, 0.1) is 0 Å². The molecule has 1 fully saturated rings. The van der Waals surface area contributed by atoms with Gasteiger partial charge in [0.15, 0.2) is 0 Å². The van der Waals surface area contributed by atoms with Gasteiger partial charge in [-0.3, -0.25) is 4.90 Å². The van der Waals surface area contributed by atoms with E-state index in [-0.39, 0.29) is 5.25 Å². The van der Waals surface area contributed by atoms with Crippen molar-refractivity contribution in [2.75, 3.05) is 43.9 Å². The molecule has 4 aromatic rings. The minimum Gasteiger partial charge on any atom is -0.489 e. The quantitative estimate of drug-likeness (QED) is 0.146. The lowest BCUT2D eigenvalue weighted by Crippen LogP contribution is -2.37. The molecule has 8 nitrogen and oxygen atoms in total. The maximum Gasteiger partial charge on any atom is 0.328 e. The molecule has 212 valence electrons. The molecule has 2 N–H and O–H groups in total. The summed E-state index contributed by atoms with van der Waals surface area (Å²) in [6, 6.07) is 23.9. The van der Waals surface area contributed by atoms with Gasteiger partial charge in [0.2, 0.25) is 0 Å². The van der Waals surface area contributed by atoms with Gasteiger partial charge in [-0.2, -0.15) is 0 Å². The van der Waals surface area contributed by atoms with Gasteiger partial charge in [0.05, 0.1) is 18.7 Å². The lowest BCUT2D eigenvalue weighted by Gasteiger charge is -2.26. The van der Waals surface area contributed by atoms with Crippen LogP contribution in [0.3, 0.4) is 0 Å². The molecule has 0 radical (unpaired) electrons. The highest BCUT2D eigenvalue weighted by molar-refractivity contribution is 7.99. The number of carbonyl (C=O) groups is 1. The Kier molecular flexibility index (Phi) is 10.2. The maximum absolute atomic E-state index is 11.3. The number of hydrogen-bond donors (Lipinski definition) is 2. The van der Waals surface area contributed by atoms with Gasteiger partial charge in [0, 0.05) is 35.5 Å². The molecule has 1 saturated heterocycles. The molecular formula is C32H34N4O4S. The molecule has 0 spiro atoms. The minimum absolute atomic E-state index is 0.103.